The first-order valence-electron chi connectivity index (χ1n) is 5.60. The molecule has 17 heavy (non-hydrogen) atoms. The zero-order valence-electron chi connectivity index (χ0n) is 10.4. The minimum atomic E-state index is 0.462. The summed E-state index contributed by atoms with van der Waals surface area (Å²) in [5.41, 5.74) is 5.07. The van der Waals surface area contributed by atoms with Crippen molar-refractivity contribution in [3.8, 4) is 6.07 Å². The van der Waals surface area contributed by atoms with Crippen molar-refractivity contribution in [3.05, 3.63) is 52.6 Å². The van der Waals surface area contributed by atoms with E-state index < -0.39 is 0 Å². The van der Waals surface area contributed by atoms with E-state index in [2.05, 4.69) is 44.0 Å². The van der Waals surface area contributed by atoms with Gasteiger partial charge in [-0.15, -0.1) is 0 Å². The fourth-order valence-electron chi connectivity index (χ4n) is 2.18. The van der Waals surface area contributed by atoms with Crippen LogP contribution in [0.15, 0.2) is 24.5 Å². The first kappa shape index (κ1) is 11.4. The molecule has 0 fully saturated rings. The summed E-state index contributed by atoms with van der Waals surface area (Å²) in [6, 6.07) is 6.44. The van der Waals surface area contributed by atoms with Gasteiger partial charge in [-0.25, -0.2) is 4.98 Å². The third-order valence-electron chi connectivity index (χ3n) is 2.98. The van der Waals surface area contributed by atoms with Crippen molar-refractivity contribution in [1.82, 2.24) is 9.55 Å². The number of nitriles is 1. The fourth-order valence-corrected chi connectivity index (χ4v) is 2.18. The number of rotatable bonds is 2. The van der Waals surface area contributed by atoms with Crippen LogP contribution in [-0.4, -0.2) is 9.55 Å². The fraction of sp³-hybridized carbons (Fsp3) is 0.286. The monoisotopic (exact) mass is 225 g/mol. The summed E-state index contributed by atoms with van der Waals surface area (Å²) in [4.78, 5) is 4.01. The molecule has 0 atom stereocenters. The van der Waals surface area contributed by atoms with Crippen molar-refractivity contribution in [2.24, 2.45) is 0 Å². The van der Waals surface area contributed by atoms with E-state index in [0.717, 1.165) is 0 Å². The molecule has 0 radical (unpaired) electrons. The molecule has 0 saturated heterocycles. The van der Waals surface area contributed by atoms with E-state index in [1.54, 1.807) is 6.20 Å². The molecule has 2 rings (SSSR count). The van der Waals surface area contributed by atoms with Crippen molar-refractivity contribution in [1.29, 1.82) is 5.26 Å². The predicted octanol–water partition coefficient (Wildman–Crippen LogP) is 2.73. The SMILES string of the molecule is Cc1cc(C)c(Cn2ccnc2C#N)c(C)c1. The second-order valence-corrected chi connectivity index (χ2v) is 4.37. The van der Waals surface area contributed by atoms with E-state index in [-0.39, 0.29) is 0 Å². The Labute approximate surface area is 101 Å². The van der Waals surface area contributed by atoms with Crippen LogP contribution in [0.25, 0.3) is 0 Å². The van der Waals surface area contributed by atoms with Crippen LogP contribution in [0.1, 0.15) is 28.1 Å². The summed E-state index contributed by atoms with van der Waals surface area (Å²) in [6.07, 6.45) is 3.51. The van der Waals surface area contributed by atoms with Gasteiger partial charge in [0.15, 0.2) is 0 Å². The predicted molar refractivity (Wildman–Crippen MR) is 66.7 cm³/mol. The van der Waals surface area contributed by atoms with Gasteiger partial charge in [-0.2, -0.15) is 5.26 Å². The lowest BCUT2D eigenvalue weighted by Crippen LogP contribution is -2.05. The van der Waals surface area contributed by atoms with Crippen LogP contribution in [0.3, 0.4) is 0 Å². The molecule has 0 aliphatic carbocycles. The quantitative estimate of drug-likeness (QED) is 0.788. The van der Waals surface area contributed by atoms with Crippen LogP contribution in [0, 0.1) is 32.1 Å². The molecule has 1 heterocycles. The van der Waals surface area contributed by atoms with E-state index >= 15 is 0 Å². The third-order valence-corrected chi connectivity index (χ3v) is 2.98. The summed E-state index contributed by atoms with van der Waals surface area (Å²) in [5.74, 6) is 0.462. The number of benzene rings is 1. The van der Waals surface area contributed by atoms with Gasteiger partial charge in [-0.1, -0.05) is 17.7 Å². The number of nitrogens with zero attached hydrogens (tertiary/aromatic N) is 3. The van der Waals surface area contributed by atoms with Crippen LogP contribution in [0.5, 0.6) is 0 Å². The van der Waals surface area contributed by atoms with Gasteiger partial charge in [0.1, 0.15) is 6.07 Å². The van der Waals surface area contributed by atoms with Crippen molar-refractivity contribution in [2.75, 3.05) is 0 Å². The second kappa shape index (κ2) is 4.42. The largest absolute Gasteiger partial charge is 0.318 e. The highest BCUT2D eigenvalue weighted by atomic mass is 15.1. The average Bonchev–Trinajstić information content (AvgIpc) is 2.70. The molecule has 0 saturated carbocycles. The molecule has 3 nitrogen and oxygen atoms in total. The lowest BCUT2D eigenvalue weighted by molar-refractivity contribution is 0.772. The Morgan fingerprint density at radius 2 is 1.88 bits per heavy atom. The zero-order chi connectivity index (χ0) is 12.4. The van der Waals surface area contributed by atoms with Gasteiger partial charge in [0, 0.05) is 12.4 Å². The maximum absolute atomic E-state index is 8.93. The van der Waals surface area contributed by atoms with E-state index in [1.165, 1.54) is 22.3 Å². The number of hydrogen-bond donors (Lipinski definition) is 0. The molecule has 2 aromatic rings. The van der Waals surface area contributed by atoms with E-state index in [4.69, 9.17) is 5.26 Å². The van der Waals surface area contributed by atoms with E-state index in [0.29, 0.717) is 12.4 Å². The lowest BCUT2D eigenvalue weighted by atomic mass is 10.00. The Hall–Kier alpha value is -2.08. The van der Waals surface area contributed by atoms with E-state index in [1.807, 2.05) is 10.8 Å². The summed E-state index contributed by atoms with van der Waals surface area (Å²) >= 11 is 0. The molecule has 1 aromatic heterocycles. The standard InChI is InChI=1S/C14H15N3/c1-10-6-11(2)13(12(3)7-10)9-17-5-4-16-14(17)8-15/h4-7H,9H2,1-3H3. The summed E-state index contributed by atoms with van der Waals surface area (Å²) in [7, 11) is 0. The number of hydrogen-bond acceptors (Lipinski definition) is 2. The Morgan fingerprint density at radius 1 is 1.24 bits per heavy atom. The third kappa shape index (κ3) is 2.21. The molecule has 86 valence electrons. The molecular weight excluding hydrogens is 210 g/mol. The van der Waals surface area contributed by atoms with Gasteiger partial charge in [0.05, 0.1) is 6.54 Å². The van der Waals surface area contributed by atoms with Crippen LogP contribution >= 0.6 is 0 Å². The van der Waals surface area contributed by atoms with Crippen molar-refractivity contribution in [3.63, 3.8) is 0 Å². The Bertz CT molecular complexity index is 565. The van der Waals surface area contributed by atoms with Crippen LogP contribution in [0.4, 0.5) is 0 Å². The highest BCUT2D eigenvalue weighted by molar-refractivity contribution is 5.38. The topological polar surface area (TPSA) is 41.6 Å². The molecule has 0 amide bonds. The Morgan fingerprint density at radius 3 is 2.47 bits per heavy atom. The molecule has 0 aliphatic rings. The average molecular weight is 225 g/mol. The Kier molecular flexibility index (Phi) is 2.97. The van der Waals surface area contributed by atoms with Crippen molar-refractivity contribution in [2.45, 2.75) is 27.3 Å². The molecule has 0 aliphatic heterocycles. The van der Waals surface area contributed by atoms with Crippen molar-refractivity contribution >= 4 is 0 Å². The molecule has 0 bridgehead atoms. The Balaban J connectivity index is 2.41. The van der Waals surface area contributed by atoms with Gasteiger partial charge >= 0.3 is 0 Å². The van der Waals surface area contributed by atoms with Gasteiger partial charge in [0.25, 0.3) is 0 Å². The molecular formula is C14H15N3. The summed E-state index contributed by atoms with van der Waals surface area (Å²) in [5, 5.41) is 8.93. The van der Waals surface area contributed by atoms with Gasteiger partial charge in [-0.3, -0.25) is 0 Å². The van der Waals surface area contributed by atoms with Gasteiger partial charge in [-0.05, 0) is 37.5 Å². The van der Waals surface area contributed by atoms with Crippen LogP contribution < -0.4 is 0 Å². The molecule has 0 spiro atoms. The smallest absolute Gasteiger partial charge is 0.213 e. The van der Waals surface area contributed by atoms with Crippen LogP contribution in [0.2, 0.25) is 0 Å². The van der Waals surface area contributed by atoms with Gasteiger partial charge in [0.2, 0.25) is 5.82 Å². The zero-order valence-corrected chi connectivity index (χ0v) is 10.4. The number of aryl methyl sites for hydroxylation is 3. The molecule has 0 unspecified atom stereocenters. The first-order chi connectivity index (χ1) is 8.11. The highest BCUT2D eigenvalue weighted by Gasteiger charge is 2.07. The minimum absolute atomic E-state index is 0.462. The van der Waals surface area contributed by atoms with Crippen LogP contribution in [-0.2, 0) is 6.54 Å². The summed E-state index contributed by atoms with van der Waals surface area (Å²) < 4.78 is 1.88. The summed E-state index contributed by atoms with van der Waals surface area (Å²) in [6.45, 7) is 7.03. The normalized spacial score (nSPS) is 10.2. The van der Waals surface area contributed by atoms with E-state index in [9.17, 15) is 0 Å². The maximum Gasteiger partial charge on any atom is 0.213 e. The maximum atomic E-state index is 8.93. The van der Waals surface area contributed by atoms with Gasteiger partial charge < -0.3 is 4.57 Å². The first-order valence-corrected chi connectivity index (χ1v) is 5.60. The molecule has 0 N–H and O–H groups in total. The molecule has 3 heteroatoms. The number of imidazole rings is 1. The lowest BCUT2D eigenvalue weighted by Gasteiger charge is -2.12. The van der Waals surface area contributed by atoms with Crippen molar-refractivity contribution < 1.29 is 0 Å². The second-order valence-electron chi connectivity index (χ2n) is 4.37. The highest BCUT2D eigenvalue weighted by Crippen LogP contribution is 2.18. The minimum Gasteiger partial charge on any atom is -0.318 e. The molecule has 1 aromatic carbocycles. The number of aromatic nitrogens is 2.